The van der Waals surface area contributed by atoms with Crippen LogP contribution >= 0.6 is 0 Å². The molecule has 0 saturated heterocycles. The van der Waals surface area contributed by atoms with Gasteiger partial charge in [-0.15, -0.1) is 0 Å². The van der Waals surface area contributed by atoms with E-state index in [0.717, 1.165) is 12.2 Å². The van der Waals surface area contributed by atoms with Gasteiger partial charge in [0.25, 0.3) is 0 Å². The van der Waals surface area contributed by atoms with Crippen molar-refractivity contribution in [2.75, 3.05) is 0 Å². The summed E-state index contributed by atoms with van der Waals surface area (Å²) in [4.78, 5) is 16.7. The largest absolute Gasteiger partial charge is 0.231 e. The number of hydrogen-bond acceptors (Lipinski definition) is 4. The highest BCUT2D eigenvalue weighted by atomic mass is 16.1. The van der Waals surface area contributed by atoms with Gasteiger partial charge in [0.1, 0.15) is 0 Å². The van der Waals surface area contributed by atoms with Gasteiger partial charge in [-0.05, 0) is 0 Å². The fourth-order valence-corrected chi connectivity index (χ4v) is 1.06. The van der Waals surface area contributed by atoms with Crippen molar-refractivity contribution in [3.63, 3.8) is 0 Å². The third-order valence-corrected chi connectivity index (χ3v) is 1.50. The number of carbonyl (C=O) groups excluding carboxylic acids is 2. The Balaban J connectivity index is -0.0000000227. The van der Waals surface area contributed by atoms with E-state index < -0.39 is 0 Å². The van der Waals surface area contributed by atoms with Gasteiger partial charge < -0.3 is 0 Å². The first-order valence-electron chi connectivity index (χ1n) is 3.91. The fraction of sp³-hybridized carbons (Fsp3) is 0.833. The first-order chi connectivity index (χ1) is 5.83. The number of rotatable bonds is 0. The van der Waals surface area contributed by atoms with Crippen LogP contribution in [0.4, 0.5) is 0 Å². The van der Waals surface area contributed by atoms with Gasteiger partial charge in [0.05, 0.1) is 0 Å². The van der Waals surface area contributed by atoms with Gasteiger partial charge in [-0.25, -0.2) is 20.4 Å². The maximum absolute atomic E-state index is 8.35. The molecule has 0 aromatic rings. The normalized spacial score (nSPS) is 10.0. The number of isocyanates is 2. The predicted octanol–water partition coefficient (Wildman–Crippen LogP) is 4.69. The summed E-state index contributed by atoms with van der Waals surface area (Å²) in [6.45, 7) is 0. The van der Waals surface area contributed by atoms with Crippen molar-refractivity contribution in [3.05, 3.63) is 0 Å². The summed E-state index contributed by atoms with van der Waals surface area (Å²) >= 11 is 0. The molecule has 2 N–H and O–H groups in total. The minimum atomic E-state index is 0. The third kappa shape index (κ3) is 77.9. The van der Waals surface area contributed by atoms with Crippen molar-refractivity contribution in [3.8, 4) is 0 Å². The van der Waals surface area contributed by atoms with Gasteiger partial charge in [-0.3, -0.25) is 0 Å². The number of hydrogen-bond donors (Lipinski definition) is 2. The van der Waals surface area contributed by atoms with E-state index in [1.54, 1.807) is 0 Å². The molecular formula is C12H30N2O2. The Labute approximate surface area is 101 Å². The van der Waals surface area contributed by atoms with Crippen molar-refractivity contribution in [2.45, 2.75) is 68.2 Å². The SMILES string of the molecule is C.C.C.C.C1CCCCC1.N=C=O.N=C=O. The highest BCUT2D eigenvalue weighted by Crippen LogP contribution is 2.15. The smallest absolute Gasteiger partial charge is 0.222 e. The average molecular weight is 234 g/mol. The summed E-state index contributed by atoms with van der Waals surface area (Å²) in [6, 6.07) is 0. The van der Waals surface area contributed by atoms with Crippen LogP contribution in [-0.2, 0) is 9.59 Å². The second kappa shape index (κ2) is 49.0. The molecule has 100 valence electrons. The molecule has 0 radical (unpaired) electrons. The van der Waals surface area contributed by atoms with Crippen LogP contribution in [0.15, 0.2) is 0 Å². The Morgan fingerprint density at radius 3 is 0.688 bits per heavy atom. The van der Waals surface area contributed by atoms with E-state index in [2.05, 4.69) is 0 Å². The molecule has 1 fully saturated rings. The monoisotopic (exact) mass is 234 g/mol. The summed E-state index contributed by atoms with van der Waals surface area (Å²) in [5, 5.41) is 10.8. The van der Waals surface area contributed by atoms with Gasteiger partial charge in [0.15, 0.2) is 0 Å². The van der Waals surface area contributed by atoms with Crippen molar-refractivity contribution in [2.24, 2.45) is 0 Å². The highest BCUT2D eigenvalue weighted by Gasteiger charge is 1.95. The second-order valence-electron chi connectivity index (χ2n) is 2.33. The molecule has 0 bridgehead atoms. The Hall–Kier alpha value is -1.24. The lowest BCUT2D eigenvalue weighted by Crippen LogP contribution is -1.85. The first kappa shape index (κ1) is 36.4. The highest BCUT2D eigenvalue weighted by molar-refractivity contribution is 5.26. The topological polar surface area (TPSA) is 81.8 Å². The van der Waals surface area contributed by atoms with Crippen molar-refractivity contribution >= 4 is 12.2 Å². The minimum absolute atomic E-state index is 0. The molecule has 1 rings (SSSR count). The molecule has 0 aromatic heterocycles. The summed E-state index contributed by atoms with van der Waals surface area (Å²) < 4.78 is 0. The molecule has 0 amide bonds. The Kier molecular flexibility index (Phi) is 112. The molecule has 1 aliphatic carbocycles. The van der Waals surface area contributed by atoms with Crippen LogP contribution < -0.4 is 0 Å². The fourth-order valence-electron chi connectivity index (χ4n) is 1.06. The minimum Gasteiger partial charge on any atom is -0.222 e. The van der Waals surface area contributed by atoms with E-state index in [1.165, 1.54) is 38.5 Å². The molecular weight excluding hydrogens is 204 g/mol. The van der Waals surface area contributed by atoms with Crippen LogP contribution in [0.25, 0.3) is 0 Å². The van der Waals surface area contributed by atoms with Crippen LogP contribution in [0.5, 0.6) is 0 Å². The molecule has 1 saturated carbocycles. The van der Waals surface area contributed by atoms with E-state index in [1.807, 2.05) is 0 Å². The molecule has 4 heteroatoms. The molecule has 0 aliphatic heterocycles. The lowest BCUT2D eigenvalue weighted by atomic mass is 10.0. The summed E-state index contributed by atoms with van der Waals surface area (Å²) in [6.07, 6.45) is 10.5. The maximum Gasteiger partial charge on any atom is 0.231 e. The molecule has 0 aromatic carbocycles. The van der Waals surface area contributed by atoms with E-state index in [9.17, 15) is 0 Å². The van der Waals surface area contributed by atoms with Crippen LogP contribution in [0.2, 0.25) is 0 Å². The third-order valence-electron chi connectivity index (χ3n) is 1.50. The molecule has 0 heterocycles. The van der Waals surface area contributed by atoms with Gasteiger partial charge in [0, 0.05) is 0 Å². The molecule has 16 heavy (non-hydrogen) atoms. The van der Waals surface area contributed by atoms with Crippen LogP contribution in [0, 0.1) is 10.8 Å². The Morgan fingerprint density at radius 2 is 0.625 bits per heavy atom. The summed E-state index contributed by atoms with van der Waals surface area (Å²) in [7, 11) is 0. The van der Waals surface area contributed by atoms with Crippen LogP contribution in [0.3, 0.4) is 0 Å². The van der Waals surface area contributed by atoms with E-state index in [4.69, 9.17) is 20.4 Å². The Bertz CT molecular complexity index is 120. The van der Waals surface area contributed by atoms with E-state index >= 15 is 0 Å². The quantitative estimate of drug-likeness (QED) is 0.471. The number of nitrogens with one attached hydrogen (secondary N) is 2. The lowest BCUT2D eigenvalue weighted by molar-refractivity contribution is 0.504. The van der Waals surface area contributed by atoms with Gasteiger partial charge in [0.2, 0.25) is 12.2 Å². The predicted molar refractivity (Wildman–Crippen MR) is 71.5 cm³/mol. The van der Waals surface area contributed by atoms with Crippen molar-refractivity contribution in [1.82, 2.24) is 0 Å². The zero-order valence-electron chi connectivity index (χ0n) is 7.06. The molecule has 0 spiro atoms. The first-order valence-corrected chi connectivity index (χ1v) is 3.91. The maximum atomic E-state index is 8.35. The average Bonchev–Trinajstić information content (AvgIpc) is 2.10. The van der Waals surface area contributed by atoms with Gasteiger partial charge >= 0.3 is 0 Å². The zero-order chi connectivity index (χ0) is 9.66. The zero-order valence-corrected chi connectivity index (χ0v) is 7.06. The lowest BCUT2D eigenvalue weighted by Gasteiger charge is -2.05. The standard InChI is InChI=1S/C6H12.2CHNO.4CH4/c1-2-4-6-5-3-1;2*2-1-3;;;;/h1-6H2;2*2H;4*1H4. The van der Waals surface area contributed by atoms with E-state index in [-0.39, 0.29) is 29.7 Å². The van der Waals surface area contributed by atoms with E-state index in [0.29, 0.717) is 0 Å². The summed E-state index contributed by atoms with van der Waals surface area (Å²) in [5.74, 6) is 0. The molecule has 4 nitrogen and oxygen atoms in total. The summed E-state index contributed by atoms with van der Waals surface area (Å²) in [5.41, 5.74) is 0. The molecule has 0 unspecified atom stereocenters. The van der Waals surface area contributed by atoms with Crippen LogP contribution in [-0.4, -0.2) is 12.2 Å². The van der Waals surface area contributed by atoms with Gasteiger partial charge in [-0.1, -0.05) is 68.2 Å². The second-order valence-corrected chi connectivity index (χ2v) is 2.33. The molecule has 1 aliphatic rings. The molecule has 0 atom stereocenters. The van der Waals surface area contributed by atoms with Crippen molar-refractivity contribution in [1.29, 1.82) is 10.8 Å². The Morgan fingerprint density at radius 1 is 0.562 bits per heavy atom. The van der Waals surface area contributed by atoms with Crippen molar-refractivity contribution < 1.29 is 9.59 Å². The van der Waals surface area contributed by atoms with Crippen LogP contribution in [0.1, 0.15) is 68.2 Å². The van der Waals surface area contributed by atoms with Gasteiger partial charge in [-0.2, -0.15) is 0 Å².